The molecule has 1 amide bonds. The van der Waals surface area contributed by atoms with E-state index in [1.54, 1.807) is 24.4 Å². The van der Waals surface area contributed by atoms with Crippen LogP contribution in [0.3, 0.4) is 0 Å². The van der Waals surface area contributed by atoms with Gasteiger partial charge in [0.25, 0.3) is 5.91 Å². The number of halogens is 3. The van der Waals surface area contributed by atoms with Gasteiger partial charge in [-0.25, -0.2) is 18.9 Å². The first-order valence-electron chi connectivity index (χ1n) is 11.3. The van der Waals surface area contributed by atoms with Gasteiger partial charge < -0.3 is 10.2 Å². The number of nitrogens with zero attached hydrogens (tertiary/aromatic N) is 5. The fourth-order valence-corrected chi connectivity index (χ4v) is 3.70. The summed E-state index contributed by atoms with van der Waals surface area (Å²) >= 11 is 11.8. The number of carbonyl (C=O) groups excluding carboxylic acids is 1. The minimum Gasteiger partial charge on any atom is -0.353 e. The van der Waals surface area contributed by atoms with Crippen molar-refractivity contribution in [1.82, 2.24) is 24.9 Å². The fourth-order valence-electron chi connectivity index (χ4n) is 3.45. The van der Waals surface area contributed by atoms with E-state index in [-0.39, 0.29) is 23.5 Å². The first kappa shape index (κ1) is 26.4. The first-order chi connectivity index (χ1) is 16.9. The second kappa shape index (κ2) is 12.5. The lowest BCUT2D eigenvalue weighted by atomic mass is 10.2. The van der Waals surface area contributed by atoms with E-state index in [0.717, 1.165) is 30.1 Å². The van der Waals surface area contributed by atoms with Gasteiger partial charge in [-0.2, -0.15) is 0 Å². The predicted octanol–water partition coefficient (Wildman–Crippen LogP) is 5.60. The van der Waals surface area contributed by atoms with Gasteiger partial charge >= 0.3 is 0 Å². The second-order valence-electron chi connectivity index (χ2n) is 7.55. The Labute approximate surface area is 213 Å². The van der Waals surface area contributed by atoms with Crippen LogP contribution < -0.4 is 10.2 Å². The summed E-state index contributed by atoms with van der Waals surface area (Å²) in [5.74, 6) is 0.426. The summed E-state index contributed by atoms with van der Waals surface area (Å²) in [6.07, 6.45) is 4.01. The van der Waals surface area contributed by atoms with E-state index in [1.807, 2.05) is 37.4 Å². The van der Waals surface area contributed by atoms with Crippen molar-refractivity contribution in [3.8, 4) is 0 Å². The molecular weight excluding hydrogens is 490 g/mol. The molecule has 35 heavy (non-hydrogen) atoms. The maximum absolute atomic E-state index is 12.4. The van der Waals surface area contributed by atoms with Crippen LogP contribution in [0.25, 0.3) is 5.65 Å². The molecule has 10 heteroatoms. The molecule has 1 aliphatic heterocycles. The summed E-state index contributed by atoms with van der Waals surface area (Å²) in [5.41, 5.74) is 2.06. The molecule has 1 aliphatic rings. The number of anilines is 1. The van der Waals surface area contributed by atoms with Crippen LogP contribution in [0.5, 0.6) is 0 Å². The quantitative estimate of drug-likeness (QED) is 0.383. The third-order valence-corrected chi connectivity index (χ3v) is 5.85. The number of pyridine rings is 1. The number of hydrogen-bond donors (Lipinski definition) is 1. The number of benzene rings is 1. The lowest BCUT2D eigenvalue weighted by molar-refractivity contribution is 0.0935. The van der Waals surface area contributed by atoms with Crippen molar-refractivity contribution in [2.24, 2.45) is 0 Å². The molecule has 1 N–H and O–H groups in total. The van der Waals surface area contributed by atoms with Crippen LogP contribution in [-0.2, 0) is 0 Å². The molecule has 0 spiro atoms. The van der Waals surface area contributed by atoms with Crippen molar-refractivity contribution < 1.29 is 9.18 Å². The zero-order chi connectivity index (χ0) is 25.4. The zero-order valence-corrected chi connectivity index (χ0v) is 21.3. The van der Waals surface area contributed by atoms with Gasteiger partial charge in [0.2, 0.25) is 0 Å². The Hall–Kier alpha value is -3.23. The smallest absolute Gasteiger partial charge is 0.270 e. The number of imidazole rings is 1. The first-order valence-corrected chi connectivity index (χ1v) is 12.0. The van der Waals surface area contributed by atoms with Crippen molar-refractivity contribution in [3.05, 3.63) is 88.2 Å². The van der Waals surface area contributed by atoms with E-state index in [4.69, 9.17) is 23.2 Å². The number of rotatable bonds is 3. The van der Waals surface area contributed by atoms with Crippen molar-refractivity contribution in [2.45, 2.75) is 33.2 Å². The number of carbonyl (C=O) groups is 1. The summed E-state index contributed by atoms with van der Waals surface area (Å²) in [7, 11) is 0. The minimum absolute atomic E-state index is 0.0140. The number of amides is 1. The summed E-state index contributed by atoms with van der Waals surface area (Å²) in [6.45, 7) is 7.46. The molecule has 0 aliphatic carbocycles. The highest BCUT2D eigenvalue weighted by Gasteiger charge is 2.26. The third kappa shape index (κ3) is 6.90. The number of aryl methyl sites for hydroxylation is 1. The van der Waals surface area contributed by atoms with E-state index >= 15 is 0 Å². The number of nitrogens with one attached hydrogen (secondary N) is 1. The molecule has 1 saturated heterocycles. The van der Waals surface area contributed by atoms with Crippen LogP contribution >= 0.6 is 23.2 Å². The van der Waals surface area contributed by atoms with E-state index in [2.05, 4.69) is 25.3 Å². The van der Waals surface area contributed by atoms with Crippen LogP contribution in [0.1, 0.15) is 36.5 Å². The molecule has 1 atom stereocenters. The lowest BCUT2D eigenvalue weighted by Gasteiger charge is -2.18. The Bertz CT molecular complexity index is 1270. The van der Waals surface area contributed by atoms with Crippen LogP contribution in [0.4, 0.5) is 10.2 Å². The van der Waals surface area contributed by atoms with Gasteiger partial charge in [-0.1, -0.05) is 55.2 Å². The van der Waals surface area contributed by atoms with Crippen molar-refractivity contribution in [3.63, 3.8) is 0 Å². The molecule has 4 aromatic rings. The topological polar surface area (TPSA) is 75.4 Å². The van der Waals surface area contributed by atoms with Gasteiger partial charge in [-0.05, 0) is 43.7 Å². The Morgan fingerprint density at radius 3 is 2.46 bits per heavy atom. The highest BCUT2D eigenvalue weighted by Crippen LogP contribution is 2.22. The highest BCUT2D eigenvalue weighted by atomic mass is 35.5. The molecule has 4 heterocycles. The SMILES string of the molecule is CC.Cc1cnc2ccc(N3CC[C@H](NC(=O)c4cc(Cl)c(Cl)cn4)C3)nn12.Fc1ccccc1. The average molecular weight is 517 g/mol. The van der Waals surface area contributed by atoms with Crippen LogP contribution in [0.2, 0.25) is 10.0 Å². The Morgan fingerprint density at radius 1 is 1.06 bits per heavy atom. The molecule has 1 aromatic carbocycles. The van der Waals surface area contributed by atoms with Crippen molar-refractivity contribution in [2.75, 3.05) is 18.0 Å². The van der Waals surface area contributed by atoms with Crippen LogP contribution in [0, 0.1) is 12.7 Å². The number of aromatic nitrogens is 4. The maximum atomic E-state index is 12.4. The van der Waals surface area contributed by atoms with E-state index in [9.17, 15) is 9.18 Å². The molecule has 7 nitrogen and oxygen atoms in total. The number of hydrogen-bond acceptors (Lipinski definition) is 5. The molecule has 0 saturated carbocycles. The molecule has 5 rings (SSSR count). The van der Waals surface area contributed by atoms with E-state index in [1.165, 1.54) is 24.4 Å². The standard InChI is InChI=1S/C17H16Cl2N6O.C6H5F.C2H6/c1-10-7-21-15-2-3-16(23-25(10)15)24-5-4-11(9-24)22-17(26)14-6-12(18)13(19)8-20-14;7-6-4-2-1-3-5-6;1-2/h2-3,6-8,11H,4-5,9H2,1H3,(H,22,26);1-5H;1-2H3/t11-;;/m0../s1. The van der Waals surface area contributed by atoms with Gasteiger partial charge in [-0.3, -0.25) is 4.79 Å². The van der Waals surface area contributed by atoms with Gasteiger partial charge in [-0.15, -0.1) is 5.10 Å². The molecule has 3 aromatic heterocycles. The summed E-state index contributed by atoms with van der Waals surface area (Å²) in [4.78, 5) is 22.8. The van der Waals surface area contributed by atoms with Gasteiger partial charge in [0.05, 0.1) is 21.9 Å². The number of fused-ring (bicyclic) bond motifs is 1. The van der Waals surface area contributed by atoms with Crippen molar-refractivity contribution >= 4 is 40.6 Å². The third-order valence-electron chi connectivity index (χ3n) is 5.14. The summed E-state index contributed by atoms with van der Waals surface area (Å²) < 4.78 is 13.7. The molecule has 184 valence electrons. The van der Waals surface area contributed by atoms with Crippen molar-refractivity contribution in [1.29, 1.82) is 0 Å². The predicted molar refractivity (Wildman–Crippen MR) is 138 cm³/mol. The van der Waals surface area contributed by atoms with Gasteiger partial charge in [0.1, 0.15) is 17.3 Å². The molecule has 0 unspecified atom stereocenters. The lowest BCUT2D eigenvalue weighted by Crippen LogP contribution is -2.37. The summed E-state index contributed by atoms with van der Waals surface area (Å²) in [5, 5.41) is 8.26. The van der Waals surface area contributed by atoms with E-state index < -0.39 is 0 Å². The van der Waals surface area contributed by atoms with Crippen LogP contribution in [0.15, 0.2) is 60.9 Å². The Kier molecular flexibility index (Phi) is 9.39. The van der Waals surface area contributed by atoms with E-state index in [0.29, 0.717) is 16.6 Å². The largest absolute Gasteiger partial charge is 0.353 e. The van der Waals surface area contributed by atoms with Gasteiger partial charge in [0.15, 0.2) is 5.65 Å². The van der Waals surface area contributed by atoms with Gasteiger partial charge in [0, 0.05) is 25.3 Å². The second-order valence-corrected chi connectivity index (χ2v) is 8.36. The molecule has 0 bridgehead atoms. The average Bonchev–Trinajstić information content (AvgIpc) is 3.49. The maximum Gasteiger partial charge on any atom is 0.270 e. The monoisotopic (exact) mass is 516 g/mol. The minimum atomic E-state index is -0.260. The van der Waals surface area contributed by atoms with Crippen LogP contribution in [-0.4, -0.2) is 44.6 Å². The highest BCUT2D eigenvalue weighted by molar-refractivity contribution is 6.42. The molecular formula is C25H27Cl2FN6O. The normalized spacial score (nSPS) is 14.6. The molecule has 1 fully saturated rings. The Morgan fingerprint density at radius 2 is 1.80 bits per heavy atom. The summed E-state index contributed by atoms with van der Waals surface area (Å²) in [6, 6.07) is 13.3. The zero-order valence-electron chi connectivity index (χ0n) is 19.8. The Balaban J connectivity index is 0.000000324. The molecule has 0 radical (unpaired) electrons. The fraction of sp³-hybridized carbons (Fsp3) is 0.280.